The van der Waals surface area contributed by atoms with Crippen LogP contribution >= 0.6 is 24.0 Å². The molecule has 5 nitrogen and oxygen atoms in total. The predicted molar refractivity (Wildman–Crippen MR) is 112 cm³/mol. The molecule has 28 heavy (non-hydrogen) atoms. The molecule has 0 fully saturated rings. The van der Waals surface area contributed by atoms with Gasteiger partial charge in [0, 0.05) is 23.2 Å². The molecule has 2 N–H and O–H groups in total. The van der Waals surface area contributed by atoms with Crippen molar-refractivity contribution in [3.63, 3.8) is 0 Å². The Hall–Kier alpha value is -2.83. The smallest absolute Gasteiger partial charge is 0.254 e. The van der Waals surface area contributed by atoms with Crippen LogP contribution in [0, 0.1) is 12.7 Å². The Bertz CT molecular complexity index is 1190. The van der Waals surface area contributed by atoms with Crippen molar-refractivity contribution in [3.8, 4) is 5.69 Å². The molecule has 0 aliphatic heterocycles. The van der Waals surface area contributed by atoms with Gasteiger partial charge in [0.2, 0.25) is 0 Å². The zero-order valence-electron chi connectivity index (χ0n) is 14.9. The Morgan fingerprint density at radius 1 is 1.18 bits per heavy atom. The van der Waals surface area contributed by atoms with Crippen LogP contribution < -0.4 is 10.9 Å². The van der Waals surface area contributed by atoms with Crippen molar-refractivity contribution in [2.75, 3.05) is 5.32 Å². The fourth-order valence-electron chi connectivity index (χ4n) is 2.95. The Labute approximate surface area is 171 Å². The summed E-state index contributed by atoms with van der Waals surface area (Å²) in [6.07, 6.45) is 0. The van der Waals surface area contributed by atoms with E-state index in [1.54, 1.807) is 10.7 Å². The molecular weight excluding hydrogens is 402 g/mol. The molecular formula is C20H17Cl2FN4O. The van der Waals surface area contributed by atoms with Crippen LogP contribution in [0.3, 0.4) is 0 Å². The van der Waals surface area contributed by atoms with Gasteiger partial charge in [-0.15, -0.1) is 12.4 Å². The van der Waals surface area contributed by atoms with E-state index in [1.165, 1.54) is 12.1 Å². The summed E-state index contributed by atoms with van der Waals surface area (Å²) >= 11 is 5.79. The molecule has 0 aliphatic carbocycles. The number of para-hydroxylation sites is 1. The number of fused-ring (bicyclic) bond motifs is 1. The lowest BCUT2D eigenvalue weighted by molar-refractivity contribution is 0.628. The Kier molecular flexibility index (Phi) is 5.72. The first-order chi connectivity index (χ1) is 13.0. The molecule has 0 saturated heterocycles. The number of rotatable bonds is 4. The number of benzene rings is 2. The largest absolute Gasteiger partial charge is 0.381 e. The van der Waals surface area contributed by atoms with E-state index in [0.717, 1.165) is 16.8 Å². The van der Waals surface area contributed by atoms with Crippen LogP contribution in [0.5, 0.6) is 0 Å². The highest BCUT2D eigenvalue weighted by molar-refractivity contribution is 6.31. The second-order valence-electron chi connectivity index (χ2n) is 6.20. The number of halogens is 3. The molecule has 2 aromatic carbocycles. The normalized spacial score (nSPS) is 10.7. The van der Waals surface area contributed by atoms with Gasteiger partial charge in [-0.2, -0.15) is 5.10 Å². The number of aryl methyl sites for hydroxylation is 1. The summed E-state index contributed by atoms with van der Waals surface area (Å²) < 4.78 is 15.0. The minimum absolute atomic E-state index is 0. The SMILES string of the molecule is Cc1nn(-c2ccccc2)c2[nH]c(=O)c(CNc3ccc(F)c(Cl)c3)cc12.Cl. The summed E-state index contributed by atoms with van der Waals surface area (Å²) in [5.74, 6) is -0.481. The molecule has 0 bridgehead atoms. The number of nitrogens with one attached hydrogen (secondary N) is 2. The summed E-state index contributed by atoms with van der Waals surface area (Å²) in [6.45, 7) is 2.18. The molecule has 4 rings (SSSR count). The van der Waals surface area contributed by atoms with E-state index < -0.39 is 5.82 Å². The third-order valence-electron chi connectivity index (χ3n) is 4.35. The molecule has 0 atom stereocenters. The fourth-order valence-corrected chi connectivity index (χ4v) is 3.13. The average molecular weight is 419 g/mol. The van der Waals surface area contributed by atoms with Crippen molar-refractivity contribution in [3.05, 3.63) is 87.0 Å². The molecule has 0 spiro atoms. The average Bonchev–Trinajstić information content (AvgIpc) is 2.99. The number of hydrogen-bond acceptors (Lipinski definition) is 3. The first-order valence-electron chi connectivity index (χ1n) is 8.39. The van der Waals surface area contributed by atoms with Crippen molar-refractivity contribution in [2.24, 2.45) is 0 Å². The number of H-pyrrole nitrogens is 1. The van der Waals surface area contributed by atoms with Crippen molar-refractivity contribution in [2.45, 2.75) is 13.5 Å². The number of nitrogens with zero attached hydrogens (tertiary/aromatic N) is 2. The summed E-state index contributed by atoms with van der Waals surface area (Å²) in [4.78, 5) is 15.5. The summed E-state index contributed by atoms with van der Waals surface area (Å²) in [6, 6.07) is 15.8. The second-order valence-corrected chi connectivity index (χ2v) is 6.61. The van der Waals surface area contributed by atoms with E-state index in [0.29, 0.717) is 16.9 Å². The van der Waals surface area contributed by atoms with Gasteiger partial charge in [-0.05, 0) is 43.3 Å². The summed E-state index contributed by atoms with van der Waals surface area (Å²) in [7, 11) is 0. The lowest BCUT2D eigenvalue weighted by Gasteiger charge is -2.08. The maximum absolute atomic E-state index is 13.3. The van der Waals surface area contributed by atoms with E-state index in [2.05, 4.69) is 15.4 Å². The van der Waals surface area contributed by atoms with E-state index in [4.69, 9.17) is 11.6 Å². The van der Waals surface area contributed by atoms with E-state index in [-0.39, 0.29) is 29.5 Å². The van der Waals surface area contributed by atoms with Crippen molar-refractivity contribution < 1.29 is 4.39 Å². The first kappa shape index (κ1) is 19.9. The predicted octanol–water partition coefficient (Wildman–Crippen LogP) is 4.85. The van der Waals surface area contributed by atoms with Crippen LogP contribution in [-0.4, -0.2) is 14.8 Å². The van der Waals surface area contributed by atoms with Crippen LogP contribution in [0.4, 0.5) is 10.1 Å². The number of hydrogen-bond donors (Lipinski definition) is 2. The topological polar surface area (TPSA) is 62.7 Å². The molecule has 2 aromatic heterocycles. The van der Waals surface area contributed by atoms with Crippen molar-refractivity contribution in [1.82, 2.24) is 14.8 Å². The van der Waals surface area contributed by atoms with Gasteiger partial charge in [0.25, 0.3) is 5.56 Å². The second kappa shape index (κ2) is 8.04. The zero-order valence-corrected chi connectivity index (χ0v) is 16.4. The first-order valence-corrected chi connectivity index (χ1v) is 8.76. The lowest BCUT2D eigenvalue weighted by Crippen LogP contribution is -2.16. The maximum atomic E-state index is 13.3. The number of anilines is 1. The molecule has 8 heteroatoms. The highest BCUT2D eigenvalue weighted by Crippen LogP contribution is 2.22. The third kappa shape index (κ3) is 3.74. The van der Waals surface area contributed by atoms with Crippen LogP contribution in [-0.2, 0) is 6.54 Å². The fraction of sp³-hybridized carbons (Fsp3) is 0.100. The van der Waals surface area contributed by atoms with Gasteiger partial charge in [0.15, 0.2) is 0 Å². The van der Waals surface area contributed by atoms with Crippen LogP contribution in [0.1, 0.15) is 11.3 Å². The Morgan fingerprint density at radius 3 is 2.64 bits per heavy atom. The zero-order chi connectivity index (χ0) is 19.0. The highest BCUT2D eigenvalue weighted by Gasteiger charge is 2.13. The lowest BCUT2D eigenvalue weighted by atomic mass is 10.2. The summed E-state index contributed by atoms with van der Waals surface area (Å²) in [5.41, 5.74) is 3.32. The third-order valence-corrected chi connectivity index (χ3v) is 4.64. The van der Waals surface area contributed by atoms with Gasteiger partial charge < -0.3 is 10.3 Å². The molecule has 0 radical (unpaired) electrons. The van der Waals surface area contributed by atoms with E-state index in [1.807, 2.05) is 43.3 Å². The molecule has 0 unspecified atom stereocenters. The Balaban J connectivity index is 0.00000225. The van der Waals surface area contributed by atoms with Crippen LogP contribution in [0.25, 0.3) is 16.7 Å². The maximum Gasteiger partial charge on any atom is 0.254 e. The number of aromatic amines is 1. The van der Waals surface area contributed by atoms with Crippen LogP contribution in [0.15, 0.2) is 59.4 Å². The van der Waals surface area contributed by atoms with Gasteiger partial charge in [-0.3, -0.25) is 4.79 Å². The minimum Gasteiger partial charge on any atom is -0.381 e. The molecule has 0 amide bonds. The minimum atomic E-state index is -0.481. The van der Waals surface area contributed by atoms with Gasteiger partial charge in [0.1, 0.15) is 11.5 Å². The van der Waals surface area contributed by atoms with Gasteiger partial charge in [0.05, 0.1) is 16.4 Å². The number of aromatic nitrogens is 3. The van der Waals surface area contributed by atoms with E-state index >= 15 is 0 Å². The van der Waals surface area contributed by atoms with Gasteiger partial charge in [-0.25, -0.2) is 9.07 Å². The highest BCUT2D eigenvalue weighted by atomic mass is 35.5. The van der Waals surface area contributed by atoms with Gasteiger partial charge in [-0.1, -0.05) is 29.8 Å². The monoisotopic (exact) mass is 418 g/mol. The van der Waals surface area contributed by atoms with Crippen LogP contribution in [0.2, 0.25) is 5.02 Å². The Morgan fingerprint density at radius 2 is 1.93 bits per heavy atom. The molecule has 0 saturated carbocycles. The molecule has 144 valence electrons. The van der Waals surface area contributed by atoms with E-state index in [9.17, 15) is 9.18 Å². The quantitative estimate of drug-likeness (QED) is 0.497. The molecule has 0 aliphatic rings. The van der Waals surface area contributed by atoms with Gasteiger partial charge >= 0.3 is 0 Å². The summed E-state index contributed by atoms with van der Waals surface area (Å²) in [5, 5.41) is 8.54. The standard InChI is InChI=1S/C20H16ClFN4O.ClH/c1-12-16-9-13(11-23-14-7-8-18(22)17(21)10-14)20(27)24-19(16)26(25-12)15-5-3-2-4-6-15;/h2-10,23H,11H2,1H3,(H,24,27);1H. The molecule has 4 aromatic rings. The molecule has 2 heterocycles. The van der Waals surface area contributed by atoms with Crippen molar-refractivity contribution in [1.29, 1.82) is 0 Å². The number of pyridine rings is 1. The van der Waals surface area contributed by atoms with Crippen molar-refractivity contribution >= 4 is 40.7 Å².